The minimum atomic E-state index is -2.11. The van der Waals surface area contributed by atoms with E-state index in [1.165, 1.54) is 0 Å². The Kier molecular flexibility index (Phi) is 5.29. The summed E-state index contributed by atoms with van der Waals surface area (Å²) >= 11 is -2.11. The van der Waals surface area contributed by atoms with Gasteiger partial charge in [0.1, 0.15) is 0 Å². The van der Waals surface area contributed by atoms with Crippen LogP contribution in [0, 0.1) is 0 Å². The molecule has 1 amide bonds. The molecule has 8 heteroatoms. The first-order valence-corrected chi connectivity index (χ1v) is 10.7. The molecule has 1 atom stereocenters. The van der Waals surface area contributed by atoms with Gasteiger partial charge in [0.05, 0.1) is 11.2 Å². The number of hydrogen-bond acceptors (Lipinski definition) is 6. The van der Waals surface area contributed by atoms with Crippen molar-refractivity contribution in [1.29, 1.82) is 0 Å². The summed E-state index contributed by atoms with van der Waals surface area (Å²) in [5.74, 6) is -0.583. The molecule has 0 aliphatic heterocycles. The van der Waals surface area contributed by atoms with E-state index in [1.54, 1.807) is 12.1 Å². The number of aromatic nitrogens is 2. The maximum absolute atomic E-state index is 12.0. The van der Waals surface area contributed by atoms with Crippen LogP contribution >= 0.6 is 0 Å². The van der Waals surface area contributed by atoms with Crippen LogP contribution in [-0.4, -0.2) is 37.5 Å². The third-order valence-electron chi connectivity index (χ3n) is 5.16. The highest BCUT2D eigenvalue weighted by molar-refractivity contribution is 7.78. The molecule has 1 saturated carbocycles. The molecular formula is C21H21N4O3S-. The fourth-order valence-electron chi connectivity index (χ4n) is 3.64. The van der Waals surface area contributed by atoms with E-state index in [2.05, 4.69) is 22.0 Å². The Morgan fingerprint density at radius 1 is 1.17 bits per heavy atom. The minimum absolute atomic E-state index is 0.00322. The number of primary amides is 1. The SMILES string of the molecule is CCN(c1c(C(N)=O)nnc2cc(-c3ccc(CS(=O)[O-])cc3)ccc12)C1CC1. The summed E-state index contributed by atoms with van der Waals surface area (Å²) in [5.41, 5.74) is 9.84. The van der Waals surface area contributed by atoms with E-state index in [4.69, 9.17) is 5.73 Å². The maximum atomic E-state index is 12.0. The molecule has 4 rings (SSSR count). The Bertz CT molecular complexity index is 1100. The van der Waals surface area contributed by atoms with Gasteiger partial charge >= 0.3 is 0 Å². The molecule has 1 aliphatic rings. The fraction of sp³-hybridized carbons (Fsp3) is 0.286. The summed E-state index contributed by atoms with van der Waals surface area (Å²) in [6.45, 7) is 2.82. The van der Waals surface area contributed by atoms with Gasteiger partial charge in [-0.2, -0.15) is 0 Å². The van der Waals surface area contributed by atoms with Crippen molar-refractivity contribution in [3.8, 4) is 11.1 Å². The highest BCUT2D eigenvalue weighted by atomic mass is 32.2. The van der Waals surface area contributed by atoms with Crippen molar-refractivity contribution in [2.75, 3.05) is 11.4 Å². The Hall–Kier alpha value is -2.84. The van der Waals surface area contributed by atoms with Crippen LogP contribution in [0.3, 0.4) is 0 Å². The van der Waals surface area contributed by atoms with E-state index in [0.29, 0.717) is 11.6 Å². The lowest BCUT2D eigenvalue weighted by atomic mass is 10.0. The number of amides is 1. The molecule has 1 heterocycles. The number of carbonyl (C=O) groups excluding carboxylic acids is 1. The molecule has 7 nitrogen and oxygen atoms in total. The normalized spacial score (nSPS) is 14.7. The summed E-state index contributed by atoms with van der Waals surface area (Å²) in [7, 11) is 0. The Morgan fingerprint density at radius 3 is 2.45 bits per heavy atom. The second-order valence-electron chi connectivity index (χ2n) is 7.16. The highest BCUT2D eigenvalue weighted by Crippen LogP contribution is 2.37. The number of fused-ring (bicyclic) bond motifs is 1. The fourth-order valence-corrected chi connectivity index (χ4v) is 4.11. The second kappa shape index (κ2) is 7.88. The first-order chi connectivity index (χ1) is 14.0. The summed E-state index contributed by atoms with van der Waals surface area (Å²) in [5, 5.41) is 9.23. The van der Waals surface area contributed by atoms with Crippen molar-refractivity contribution in [3.05, 3.63) is 53.7 Å². The lowest BCUT2D eigenvalue weighted by Gasteiger charge is -2.25. The lowest BCUT2D eigenvalue weighted by molar-refractivity contribution is 0.0995. The van der Waals surface area contributed by atoms with Gasteiger partial charge in [0.15, 0.2) is 5.69 Å². The van der Waals surface area contributed by atoms with Crippen LogP contribution in [0.25, 0.3) is 22.0 Å². The Balaban J connectivity index is 1.77. The Morgan fingerprint density at radius 2 is 1.86 bits per heavy atom. The number of nitrogens with zero attached hydrogens (tertiary/aromatic N) is 3. The van der Waals surface area contributed by atoms with Crippen LogP contribution in [-0.2, 0) is 16.8 Å². The molecule has 0 saturated heterocycles. The minimum Gasteiger partial charge on any atom is -0.772 e. The van der Waals surface area contributed by atoms with Crippen molar-refractivity contribution in [1.82, 2.24) is 10.2 Å². The zero-order chi connectivity index (χ0) is 20.5. The van der Waals surface area contributed by atoms with Gasteiger partial charge in [0.2, 0.25) is 0 Å². The van der Waals surface area contributed by atoms with Crippen LogP contribution in [0.15, 0.2) is 42.5 Å². The maximum Gasteiger partial charge on any atom is 0.271 e. The van der Waals surface area contributed by atoms with Crippen molar-refractivity contribution in [2.24, 2.45) is 5.73 Å². The van der Waals surface area contributed by atoms with E-state index in [1.807, 2.05) is 30.3 Å². The van der Waals surface area contributed by atoms with Crippen LogP contribution in [0.5, 0.6) is 0 Å². The molecule has 0 radical (unpaired) electrons. The number of rotatable bonds is 7. The molecule has 3 aromatic rings. The van der Waals surface area contributed by atoms with E-state index < -0.39 is 17.0 Å². The molecule has 2 N–H and O–H groups in total. The summed E-state index contributed by atoms with van der Waals surface area (Å²) in [6, 6.07) is 13.6. The van der Waals surface area contributed by atoms with Gasteiger partial charge < -0.3 is 15.2 Å². The molecular weight excluding hydrogens is 388 g/mol. The zero-order valence-electron chi connectivity index (χ0n) is 16.0. The van der Waals surface area contributed by atoms with Gasteiger partial charge in [0, 0.05) is 23.7 Å². The molecule has 1 unspecified atom stereocenters. The van der Waals surface area contributed by atoms with Crippen LogP contribution in [0.1, 0.15) is 35.8 Å². The quantitative estimate of drug-likeness (QED) is 0.601. The van der Waals surface area contributed by atoms with Crippen molar-refractivity contribution >= 4 is 33.6 Å². The van der Waals surface area contributed by atoms with Gasteiger partial charge in [-0.25, -0.2) is 0 Å². The average Bonchev–Trinajstić information content (AvgIpc) is 3.53. The largest absolute Gasteiger partial charge is 0.772 e. The standard InChI is InChI=1S/C21H22N4O3S/c1-2-25(16-8-9-16)20-17-10-7-15(11-18(17)23-24-19(20)21(22)26)14-5-3-13(4-6-14)12-29(27)28/h3-7,10-11,16H,2,8-9,12H2,1H3,(H2,22,26)(H,27,28)/p-1. The van der Waals surface area contributed by atoms with E-state index in [0.717, 1.165) is 47.2 Å². The van der Waals surface area contributed by atoms with Crippen LogP contribution < -0.4 is 10.6 Å². The molecule has 1 aliphatic carbocycles. The number of hydrogen-bond donors (Lipinski definition) is 1. The molecule has 29 heavy (non-hydrogen) atoms. The van der Waals surface area contributed by atoms with E-state index in [9.17, 15) is 13.6 Å². The van der Waals surface area contributed by atoms with Gasteiger partial charge in [-0.15, -0.1) is 10.2 Å². The predicted octanol–water partition coefficient (Wildman–Crippen LogP) is 2.76. The molecule has 1 fully saturated rings. The van der Waals surface area contributed by atoms with Crippen LogP contribution in [0.4, 0.5) is 5.69 Å². The Labute approximate surface area is 171 Å². The van der Waals surface area contributed by atoms with E-state index >= 15 is 0 Å². The van der Waals surface area contributed by atoms with Crippen molar-refractivity contribution in [2.45, 2.75) is 31.6 Å². The summed E-state index contributed by atoms with van der Waals surface area (Å²) in [4.78, 5) is 14.2. The molecule has 2 aromatic carbocycles. The first-order valence-electron chi connectivity index (χ1n) is 9.50. The van der Waals surface area contributed by atoms with Crippen LogP contribution in [0.2, 0.25) is 0 Å². The third-order valence-corrected chi connectivity index (χ3v) is 5.72. The first kappa shape index (κ1) is 19.5. The second-order valence-corrected chi connectivity index (χ2v) is 8.05. The molecule has 0 bridgehead atoms. The third kappa shape index (κ3) is 3.99. The van der Waals surface area contributed by atoms with E-state index in [-0.39, 0.29) is 11.4 Å². The number of benzene rings is 2. The van der Waals surface area contributed by atoms with Gasteiger partial charge in [-0.3, -0.25) is 9.00 Å². The summed E-state index contributed by atoms with van der Waals surface area (Å²) in [6.07, 6.45) is 2.18. The number of anilines is 1. The summed E-state index contributed by atoms with van der Waals surface area (Å²) < 4.78 is 21.7. The smallest absolute Gasteiger partial charge is 0.271 e. The topological polar surface area (TPSA) is 112 Å². The molecule has 150 valence electrons. The molecule has 1 aromatic heterocycles. The monoisotopic (exact) mass is 409 g/mol. The highest BCUT2D eigenvalue weighted by Gasteiger charge is 2.32. The van der Waals surface area contributed by atoms with Crippen molar-refractivity contribution < 1.29 is 13.6 Å². The predicted molar refractivity (Wildman–Crippen MR) is 112 cm³/mol. The average molecular weight is 409 g/mol. The van der Waals surface area contributed by atoms with Crippen molar-refractivity contribution in [3.63, 3.8) is 0 Å². The number of nitrogens with two attached hydrogens (primary N) is 1. The van der Waals surface area contributed by atoms with Gasteiger partial charge in [-0.05, 0) is 48.6 Å². The molecule has 0 spiro atoms. The van der Waals surface area contributed by atoms with Gasteiger partial charge in [0.25, 0.3) is 5.91 Å². The number of carbonyl (C=O) groups is 1. The zero-order valence-corrected chi connectivity index (χ0v) is 16.8. The van der Waals surface area contributed by atoms with Gasteiger partial charge in [-0.1, -0.05) is 41.4 Å². The lowest BCUT2D eigenvalue weighted by Crippen LogP contribution is -2.29.